The minimum Gasteiger partial charge on any atom is -0.368 e. The van der Waals surface area contributed by atoms with Gasteiger partial charge in [0.05, 0.1) is 11.0 Å². The molecular weight excluding hydrogens is 433 g/mol. The summed E-state index contributed by atoms with van der Waals surface area (Å²) in [6, 6.07) is 11.1. The Morgan fingerprint density at radius 2 is 1.67 bits per heavy atom. The normalized spacial score (nSPS) is 15.7. The van der Waals surface area contributed by atoms with E-state index in [1.807, 2.05) is 25.1 Å². The van der Waals surface area contributed by atoms with Crippen LogP contribution in [0.15, 0.2) is 47.3 Å². The van der Waals surface area contributed by atoms with Crippen molar-refractivity contribution < 1.29 is 18.0 Å². The smallest absolute Gasteiger partial charge is 0.368 e. The predicted molar refractivity (Wildman–Crippen MR) is 120 cm³/mol. The van der Waals surface area contributed by atoms with Gasteiger partial charge in [-0.2, -0.15) is 13.2 Å². The van der Waals surface area contributed by atoms with Crippen LogP contribution in [-0.2, 0) is 11.0 Å². The standard InChI is InChI=1S/C24H25F3N4O2/c1-15-7-6-10-19(16(15)2)29-11-13-30(14-12-29)22(32)17(3)31-20-9-5-4-8-18(20)28-21(23(31)33)24(25,26)27/h4-10,17H,11-14H2,1-3H3. The quantitative estimate of drug-likeness (QED) is 0.597. The van der Waals surface area contributed by atoms with E-state index in [2.05, 4.69) is 16.8 Å². The maximum absolute atomic E-state index is 13.5. The van der Waals surface area contributed by atoms with Gasteiger partial charge in [-0.25, -0.2) is 4.98 Å². The molecule has 6 nitrogen and oxygen atoms in total. The number of halogens is 3. The Kier molecular flexibility index (Phi) is 5.90. The van der Waals surface area contributed by atoms with Crippen LogP contribution in [0.1, 0.15) is 29.8 Å². The highest BCUT2D eigenvalue weighted by Crippen LogP contribution is 2.28. The van der Waals surface area contributed by atoms with Crippen LogP contribution < -0.4 is 10.5 Å². The lowest BCUT2D eigenvalue weighted by Gasteiger charge is -2.38. The predicted octanol–water partition coefficient (Wildman–Crippen LogP) is 3.94. The summed E-state index contributed by atoms with van der Waals surface area (Å²) < 4.78 is 41.3. The first kappa shape index (κ1) is 22.8. The maximum Gasteiger partial charge on any atom is 0.438 e. The second-order valence-electron chi connectivity index (χ2n) is 8.33. The van der Waals surface area contributed by atoms with E-state index in [9.17, 15) is 22.8 Å². The molecule has 3 aromatic rings. The van der Waals surface area contributed by atoms with E-state index >= 15 is 0 Å². The average molecular weight is 458 g/mol. The highest BCUT2D eigenvalue weighted by atomic mass is 19.4. The summed E-state index contributed by atoms with van der Waals surface area (Å²) in [6.45, 7) is 7.61. The molecule has 9 heteroatoms. The van der Waals surface area contributed by atoms with Crippen LogP contribution in [-0.4, -0.2) is 46.5 Å². The molecule has 1 saturated heterocycles. The van der Waals surface area contributed by atoms with Gasteiger partial charge in [0, 0.05) is 31.9 Å². The van der Waals surface area contributed by atoms with Crippen molar-refractivity contribution in [1.82, 2.24) is 14.5 Å². The van der Waals surface area contributed by atoms with Gasteiger partial charge in [0.25, 0.3) is 5.56 Å². The van der Waals surface area contributed by atoms with Gasteiger partial charge >= 0.3 is 6.18 Å². The lowest BCUT2D eigenvalue weighted by molar-refractivity contribution is -0.143. The van der Waals surface area contributed by atoms with Gasteiger partial charge in [-0.1, -0.05) is 24.3 Å². The Morgan fingerprint density at radius 3 is 2.33 bits per heavy atom. The third-order valence-electron chi connectivity index (χ3n) is 6.32. The maximum atomic E-state index is 13.5. The van der Waals surface area contributed by atoms with Crippen molar-refractivity contribution in [2.24, 2.45) is 0 Å². The monoisotopic (exact) mass is 458 g/mol. The molecule has 1 aromatic heterocycles. The number of carbonyl (C=O) groups excluding carboxylic acids is 1. The molecule has 0 saturated carbocycles. The molecule has 174 valence electrons. The van der Waals surface area contributed by atoms with Gasteiger partial charge in [-0.3, -0.25) is 14.2 Å². The first-order valence-corrected chi connectivity index (χ1v) is 10.8. The summed E-state index contributed by atoms with van der Waals surface area (Å²) in [7, 11) is 0. The number of piperazine rings is 1. The van der Waals surface area contributed by atoms with Gasteiger partial charge in [0.1, 0.15) is 6.04 Å². The minimum atomic E-state index is -4.91. The zero-order chi connectivity index (χ0) is 23.9. The van der Waals surface area contributed by atoms with Crippen molar-refractivity contribution in [3.63, 3.8) is 0 Å². The summed E-state index contributed by atoms with van der Waals surface area (Å²) in [4.78, 5) is 33.4. The Balaban J connectivity index is 1.61. The second-order valence-corrected chi connectivity index (χ2v) is 8.33. The molecule has 0 spiro atoms. The van der Waals surface area contributed by atoms with Crippen LogP contribution in [0.4, 0.5) is 18.9 Å². The number of para-hydroxylation sites is 2. The van der Waals surface area contributed by atoms with Gasteiger partial charge in [-0.05, 0) is 50.1 Å². The Labute approximate surface area is 189 Å². The van der Waals surface area contributed by atoms with Gasteiger partial charge in [0.15, 0.2) is 0 Å². The third-order valence-corrected chi connectivity index (χ3v) is 6.32. The molecule has 1 fully saturated rings. The summed E-state index contributed by atoms with van der Waals surface area (Å²) >= 11 is 0. The summed E-state index contributed by atoms with van der Waals surface area (Å²) in [5.41, 5.74) is 0.872. The zero-order valence-corrected chi connectivity index (χ0v) is 18.7. The number of fused-ring (bicyclic) bond motifs is 1. The SMILES string of the molecule is Cc1cccc(N2CCN(C(=O)C(C)n3c(=O)c(C(F)(F)F)nc4ccccc43)CC2)c1C. The molecule has 0 N–H and O–H groups in total. The molecule has 2 aromatic carbocycles. The molecule has 0 radical (unpaired) electrons. The number of alkyl halides is 3. The molecule has 1 amide bonds. The lowest BCUT2D eigenvalue weighted by Crippen LogP contribution is -2.51. The van der Waals surface area contributed by atoms with Crippen molar-refractivity contribution in [2.45, 2.75) is 33.0 Å². The molecule has 0 aliphatic carbocycles. The van der Waals surface area contributed by atoms with E-state index in [1.165, 1.54) is 30.2 Å². The number of nitrogens with zero attached hydrogens (tertiary/aromatic N) is 4. The van der Waals surface area contributed by atoms with E-state index in [4.69, 9.17) is 0 Å². The molecule has 1 aliphatic rings. The molecular formula is C24H25F3N4O2. The molecule has 4 rings (SSSR count). The van der Waals surface area contributed by atoms with E-state index in [1.54, 1.807) is 17.0 Å². The second kappa shape index (κ2) is 8.53. The van der Waals surface area contributed by atoms with Gasteiger partial charge in [0.2, 0.25) is 11.6 Å². The fourth-order valence-corrected chi connectivity index (χ4v) is 4.34. The van der Waals surface area contributed by atoms with Crippen LogP contribution in [0.3, 0.4) is 0 Å². The molecule has 2 heterocycles. The van der Waals surface area contributed by atoms with Crippen molar-refractivity contribution >= 4 is 22.6 Å². The molecule has 1 aliphatic heterocycles. The van der Waals surface area contributed by atoms with E-state index in [0.29, 0.717) is 26.2 Å². The number of aromatic nitrogens is 2. The summed E-state index contributed by atoms with van der Waals surface area (Å²) in [6.07, 6.45) is -4.91. The van der Waals surface area contributed by atoms with Crippen molar-refractivity contribution in [3.05, 3.63) is 69.6 Å². The number of amides is 1. The fraction of sp³-hybridized carbons (Fsp3) is 0.375. The summed E-state index contributed by atoms with van der Waals surface area (Å²) in [5.74, 6) is -0.387. The minimum absolute atomic E-state index is 0.0174. The highest BCUT2D eigenvalue weighted by Gasteiger charge is 2.39. The number of carbonyl (C=O) groups is 1. The molecule has 1 atom stereocenters. The number of hydrogen-bond acceptors (Lipinski definition) is 4. The number of anilines is 1. The number of hydrogen-bond donors (Lipinski definition) is 0. The summed E-state index contributed by atoms with van der Waals surface area (Å²) in [5, 5.41) is 0. The number of benzene rings is 2. The van der Waals surface area contributed by atoms with E-state index < -0.39 is 23.5 Å². The van der Waals surface area contributed by atoms with Crippen LogP contribution in [0.5, 0.6) is 0 Å². The largest absolute Gasteiger partial charge is 0.438 e. The average Bonchev–Trinajstić information content (AvgIpc) is 2.79. The van der Waals surface area contributed by atoms with E-state index in [0.717, 1.165) is 10.3 Å². The topological polar surface area (TPSA) is 58.4 Å². The lowest BCUT2D eigenvalue weighted by atomic mass is 10.1. The van der Waals surface area contributed by atoms with Crippen molar-refractivity contribution in [3.8, 4) is 0 Å². The highest BCUT2D eigenvalue weighted by molar-refractivity contribution is 5.83. The Bertz CT molecular complexity index is 1260. The van der Waals surface area contributed by atoms with Crippen LogP contribution in [0.25, 0.3) is 11.0 Å². The Hall–Kier alpha value is -3.36. The van der Waals surface area contributed by atoms with Crippen molar-refractivity contribution in [1.29, 1.82) is 0 Å². The van der Waals surface area contributed by atoms with Crippen LogP contribution >= 0.6 is 0 Å². The van der Waals surface area contributed by atoms with Gasteiger partial charge in [-0.15, -0.1) is 0 Å². The van der Waals surface area contributed by atoms with Crippen LogP contribution in [0.2, 0.25) is 0 Å². The third kappa shape index (κ3) is 4.19. The molecule has 1 unspecified atom stereocenters. The molecule has 33 heavy (non-hydrogen) atoms. The zero-order valence-electron chi connectivity index (χ0n) is 18.7. The first-order valence-electron chi connectivity index (χ1n) is 10.8. The fourth-order valence-electron chi connectivity index (χ4n) is 4.34. The van der Waals surface area contributed by atoms with Crippen molar-refractivity contribution in [2.75, 3.05) is 31.1 Å². The number of aryl methyl sites for hydroxylation is 1. The van der Waals surface area contributed by atoms with Crippen LogP contribution in [0, 0.1) is 13.8 Å². The Morgan fingerprint density at radius 1 is 1.00 bits per heavy atom. The van der Waals surface area contributed by atoms with E-state index in [-0.39, 0.29) is 16.9 Å². The first-order chi connectivity index (χ1) is 15.6. The number of rotatable bonds is 3. The molecule has 0 bridgehead atoms. The van der Waals surface area contributed by atoms with Gasteiger partial charge < -0.3 is 9.80 Å².